The van der Waals surface area contributed by atoms with Gasteiger partial charge in [0.15, 0.2) is 6.29 Å². The number of hydrogen-bond donors (Lipinski definition) is 1. The van der Waals surface area contributed by atoms with E-state index in [4.69, 9.17) is 0 Å². The van der Waals surface area contributed by atoms with Crippen LogP contribution in [0.2, 0.25) is 0 Å². The van der Waals surface area contributed by atoms with Gasteiger partial charge in [0.25, 0.3) is 0 Å². The average Bonchev–Trinajstić information content (AvgIpc) is 1.83. The summed E-state index contributed by atoms with van der Waals surface area (Å²) in [5, 5.41) is 2.45. The summed E-state index contributed by atoms with van der Waals surface area (Å²) < 4.78 is 0. The molecule has 0 saturated heterocycles. The van der Waals surface area contributed by atoms with Crippen LogP contribution >= 0.6 is 0 Å². The van der Waals surface area contributed by atoms with Crippen LogP contribution in [0.5, 0.6) is 0 Å². The van der Waals surface area contributed by atoms with Gasteiger partial charge in [-0.3, -0.25) is 4.79 Å². The maximum absolute atomic E-state index is 9.73. The number of carbonyl (C=O) groups excluding carboxylic acids is 2. The largest absolute Gasteiger partial charge is 0.376 e. The Bertz CT molecular complexity index is 109. The molecule has 44 valence electrons. The normalized spacial score (nSPS) is 7.50. The van der Waals surface area contributed by atoms with Crippen molar-refractivity contribution in [1.82, 2.24) is 5.32 Å². The van der Waals surface area contributed by atoms with Crippen molar-refractivity contribution < 1.29 is 9.59 Å². The summed E-state index contributed by atoms with van der Waals surface area (Å²) in [6, 6.07) is 0. The first-order valence-corrected chi connectivity index (χ1v) is 2.13. The van der Waals surface area contributed by atoms with Gasteiger partial charge in [-0.05, 0) is 0 Å². The number of aldehydes is 2. The Kier molecular flexibility index (Phi) is 3.48. The van der Waals surface area contributed by atoms with Crippen LogP contribution in [0.15, 0.2) is 12.3 Å². The quantitative estimate of drug-likeness (QED) is 0.394. The van der Waals surface area contributed by atoms with Gasteiger partial charge < -0.3 is 10.1 Å². The van der Waals surface area contributed by atoms with Crippen molar-refractivity contribution in [3.63, 3.8) is 0 Å². The molecule has 3 nitrogen and oxygen atoms in total. The van der Waals surface area contributed by atoms with Crippen LogP contribution in [0.25, 0.3) is 0 Å². The Morgan fingerprint density at radius 3 is 2.62 bits per heavy atom. The van der Waals surface area contributed by atoms with Crippen molar-refractivity contribution in [3.8, 4) is 0 Å². The predicted molar refractivity (Wildman–Crippen MR) is 29.3 cm³/mol. The molecule has 0 aliphatic heterocycles. The van der Waals surface area contributed by atoms with Crippen LogP contribution in [0.4, 0.5) is 0 Å². The Labute approximate surface area is 47.4 Å². The van der Waals surface area contributed by atoms with E-state index in [1.54, 1.807) is 0 Å². The van der Waals surface area contributed by atoms with Gasteiger partial charge in [-0.15, -0.1) is 0 Å². The molecule has 0 radical (unpaired) electrons. The summed E-state index contributed by atoms with van der Waals surface area (Å²) >= 11 is 0. The van der Waals surface area contributed by atoms with E-state index < -0.39 is 0 Å². The van der Waals surface area contributed by atoms with E-state index in [-0.39, 0.29) is 12.2 Å². The molecule has 0 amide bonds. The molecule has 0 aliphatic rings. The predicted octanol–water partition coefficient (Wildman–Crippen LogP) is -0.513. The zero-order valence-corrected chi connectivity index (χ0v) is 4.39. The number of allylic oxidation sites excluding steroid dienone is 1. The maximum Gasteiger partial charge on any atom is 0.165 e. The molecule has 1 N–H and O–H groups in total. The number of rotatable bonds is 4. The van der Waals surface area contributed by atoms with Crippen molar-refractivity contribution in [2.75, 3.05) is 6.54 Å². The van der Waals surface area contributed by atoms with Crippen molar-refractivity contribution in [2.45, 2.75) is 0 Å². The molecule has 0 aliphatic carbocycles. The lowest BCUT2D eigenvalue weighted by atomic mass is 10.5. The first kappa shape index (κ1) is 6.88. The summed E-state index contributed by atoms with van der Waals surface area (Å²) in [5.74, 6) is 0. The highest BCUT2D eigenvalue weighted by Crippen LogP contribution is 1.69. The summed E-state index contributed by atoms with van der Waals surface area (Å²) in [7, 11) is 0. The summed E-state index contributed by atoms with van der Waals surface area (Å²) in [6.07, 6.45) is 1.22. The molecule has 0 spiro atoms. The molecular formula is C5H7NO2. The zero-order valence-electron chi connectivity index (χ0n) is 4.39. The maximum atomic E-state index is 9.73. The Hall–Kier alpha value is -1.12. The molecule has 0 aromatic carbocycles. The second kappa shape index (κ2) is 4.05. The van der Waals surface area contributed by atoms with E-state index in [9.17, 15) is 9.59 Å². The highest BCUT2D eigenvalue weighted by atomic mass is 16.1. The average molecular weight is 113 g/mol. The van der Waals surface area contributed by atoms with E-state index in [2.05, 4.69) is 11.9 Å². The molecule has 8 heavy (non-hydrogen) atoms. The molecule has 0 saturated carbocycles. The lowest BCUT2D eigenvalue weighted by Crippen LogP contribution is -2.15. The molecule has 0 heterocycles. The van der Waals surface area contributed by atoms with E-state index >= 15 is 0 Å². The van der Waals surface area contributed by atoms with Gasteiger partial charge >= 0.3 is 0 Å². The second-order valence-corrected chi connectivity index (χ2v) is 1.19. The minimum Gasteiger partial charge on any atom is -0.376 e. The molecule has 0 bridgehead atoms. The number of hydrogen-bond acceptors (Lipinski definition) is 3. The minimum absolute atomic E-state index is 0.150. The first-order valence-electron chi connectivity index (χ1n) is 2.13. The summed E-state index contributed by atoms with van der Waals surface area (Å²) in [6.45, 7) is 3.42. The fourth-order valence-electron chi connectivity index (χ4n) is 0.214. The third-order valence-corrected chi connectivity index (χ3v) is 0.555. The highest BCUT2D eigenvalue weighted by Gasteiger charge is 1.83. The minimum atomic E-state index is 0.150. The van der Waals surface area contributed by atoms with Gasteiger partial charge in [0.1, 0.15) is 6.29 Å². The van der Waals surface area contributed by atoms with Crippen LogP contribution in [0.3, 0.4) is 0 Å². The first-order chi connectivity index (χ1) is 3.81. The lowest BCUT2D eigenvalue weighted by molar-refractivity contribution is -0.107. The van der Waals surface area contributed by atoms with Gasteiger partial charge in [0.05, 0.1) is 12.2 Å². The number of nitrogens with one attached hydrogen (secondary N) is 1. The molecular weight excluding hydrogens is 106 g/mol. The van der Waals surface area contributed by atoms with Gasteiger partial charge in [-0.1, -0.05) is 6.58 Å². The Balaban J connectivity index is 3.24. The van der Waals surface area contributed by atoms with Gasteiger partial charge in [0.2, 0.25) is 0 Å². The van der Waals surface area contributed by atoms with Crippen molar-refractivity contribution in [2.24, 2.45) is 0 Å². The van der Waals surface area contributed by atoms with Gasteiger partial charge in [-0.25, -0.2) is 0 Å². The van der Waals surface area contributed by atoms with Crippen LogP contribution in [-0.4, -0.2) is 19.1 Å². The smallest absolute Gasteiger partial charge is 0.165 e. The van der Waals surface area contributed by atoms with Crippen molar-refractivity contribution in [1.29, 1.82) is 0 Å². The van der Waals surface area contributed by atoms with Gasteiger partial charge in [0, 0.05) is 0 Å². The molecule has 0 atom stereocenters. The van der Waals surface area contributed by atoms with Gasteiger partial charge in [-0.2, -0.15) is 0 Å². The Morgan fingerprint density at radius 1 is 1.62 bits per heavy atom. The molecule has 0 unspecified atom stereocenters. The van der Waals surface area contributed by atoms with Crippen LogP contribution < -0.4 is 5.32 Å². The number of carbonyl (C=O) groups is 2. The zero-order chi connectivity index (χ0) is 6.41. The SMILES string of the molecule is C=C(C=O)NCC=O. The third-order valence-electron chi connectivity index (χ3n) is 0.555. The standard InChI is InChI=1S/C5H7NO2/c1-5(4-8)6-2-3-7/h3-4,6H,1-2H2. The van der Waals surface area contributed by atoms with E-state index in [0.29, 0.717) is 12.6 Å². The third kappa shape index (κ3) is 3.08. The fraction of sp³-hybridized carbons (Fsp3) is 0.200. The van der Waals surface area contributed by atoms with Crippen LogP contribution in [-0.2, 0) is 9.59 Å². The molecule has 0 fully saturated rings. The summed E-state index contributed by atoms with van der Waals surface area (Å²) in [5.41, 5.74) is 0.233. The fourth-order valence-corrected chi connectivity index (χ4v) is 0.214. The second-order valence-electron chi connectivity index (χ2n) is 1.19. The van der Waals surface area contributed by atoms with Crippen LogP contribution in [0, 0.1) is 0 Å². The molecule has 0 aromatic heterocycles. The molecule has 0 rings (SSSR count). The van der Waals surface area contributed by atoms with Crippen molar-refractivity contribution >= 4 is 12.6 Å². The monoisotopic (exact) mass is 113 g/mol. The van der Waals surface area contributed by atoms with Crippen molar-refractivity contribution in [3.05, 3.63) is 12.3 Å². The highest BCUT2D eigenvalue weighted by molar-refractivity contribution is 5.72. The molecule has 0 aromatic rings. The van der Waals surface area contributed by atoms with E-state index in [0.717, 1.165) is 0 Å². The van der Waals surface area contributed by atoms with Crippen LogP contribution in [0.1, 0.15) is 0 Å². The lowest BCUT2D eigenvalue weighted by Gasteiger charge is -1.93. The van der Waals surface area contributed by atoms with E-state index in [1.165, 1.54) is 0 Å². The summed E-state index contributed by atoms with van der Waals surface area (Å²) in [4.78, 5) is 19.3. The molecule has 3 heteroatoms. The van der Waals surface area contributed by atoms with E-state index in [1.807, 2.05) is 0 Å². The topological polar surface area (TPSA) is 46.2 Å². The Morgan fingerprint density at radius 2 is 2.25 bits per heavy atom.